The lowest BCUT2D eigenvalue weighted by atomic mass is 10.00. The van der Waals surface area contributed by atoms with Crippen molar-refractivity contribution in [3.63, 3.8) is 0 Å². The molecule has 0 bridgehead atoms. The van der Waals surface area contributed by atoms with Crippen molar-refractivity contribution in [2.45, 2.75) is 45.3 Å². The van der Waals surface area contributed by atoms with E-state index in [-0.39, 0.29) is 5.54 Å². The summed E-state index contributed by atoms with van der Waals surface area (Å²) in [6, 6.07) is 5.96. The Balaban J connectivity index is 2.15. The summed E-state index contributed by atoms with van der Waals surface area (Å²) in [5.41, 5.74) is 2.23. The van der Waals surface area contributed by atoms with Gasteiger partial charge in [-0.15, -0.1) is 0 Å². The van der Waals surface area contributed by atoms with E-state index in [9.17, 15) is 5.11 Å². The fraction of sp³-hybridized carbons (Fsp3) is 0.625. The highest BCUT2D eigenvalue weighted by Crippen LogP contribution is 2.32. The topological polar surface area (TPSA) is 32.7 Å². The van der Waals surface area contributed by atoms with E-state index in [2.05, 4.69) is 18.7 Å². The number of hydrogen-bond acceptors (Lipinski definition) is 3. The van der Waals surface area contributed by atoms with E-state index < -0.39 is 6.10 Å². The van der Waals surface area contributed by atoms with E-state index in [0.29, 0.717) is 6.54 Å². The number of aryl methyl sites for hydroxylation is 1. The minimum Gasteiger partial charge on any atom is -0.496 e. The summed E-state index contributed by atoms with van der Waals surface area (Å²) >= 11 is 0. The highest BCUT2D eigenvalue weighted by atomic mass is 16.5. The molecule has 1 aromatic rings. The van der Waals surface area contributed by atoms with Gasteiger partial charge in [0.2, 0.25) is 0 Å². The second kappa shape index (κ2) is 5.51. The van der Waals surface area contributed by atoms with Crippen LogP contribution in [-0.4, -0.2) is 35.7 Å². The number of benzene rings is 1. The number of aliphatic hydroxyl groups excluding tert-OH is 1. The summed E-state index contributed by atoms with van der Waals surface area (Å²) in [5, 5.41) is 10.5. The lowest BCUT2D eigenvalue weighted by Gasteiger charge is -2.33. The SMILES string of the molecule is COc1ccc(C)cc1C(O)CN1CCCC1(C)C. The minimum atomic E-state index is -0.493. The Morgan fingerprint density at radius 3 is 2.74 bits per heavy atom. The molecule has 1 aliphatic rings. The van der Waals surface area contributed by atoms with Gasteiger partial charge < -0.3 is 9.84 Å². The number of β-amino-alcohol motifs (C(OH)–C–C–N with tert-alkyl or cyclic N) is 1. The van der Waals surface area contributed by atoms with Crippen molar-refractivity contribution >= 4 is 0 Å². The summed E-state index contributed by atoms with van der Waals surface area (Å²) in [5.74, 6) is 0.773. The predicted octanol–water partition coefficient (Wildman–Crippen LogP) is 2.91. The second-order valence-electron chi connectivity index (χ2n) is 6.12. The van der Waals surface area contributed by atoms with Crippen LogP contribution in [0.4, 0.5) is 0 Å². The molecule has 1 aliphatic heterocycles. The Kier molecular flexibility index (Phi) is 4.16. The molecule has 1 unspecified atom stereocenters. The summed E-state index contributed by atoms with van der Waals surface area (Å²) in [6.07, 6.45) is 1.92. The highest BCUT2D eigenvalue weighted by molar-refractivity contribution is 5.38. The first-order valence-corrected chi connectivity index (χ1v) is 7.02. The van der Waals surface area contributed by atoms with Crippen LogP contribution < -0.4 is 4.74 Å². The van der Waals surface area contributed by atoms with E-state index in [0.717, 1.165) is 23.4 Å². The van der Waals surface area contributed by atoms with Crippen LogP contribution >= 0.6 is 0 Å². The average Bonchev–Trinajstić information content (AvgIpc) is 2.68. The molecule has 1 atom stereocenters. The van der Waals surface area contributed by atoms with Crippen LogP contribution in [0.5, 0.6) is 5.75 Å². The number of likely N-dealkylation sites (tertiary alicyclic amines) is 1. The molecule has 3 heteroatoms. The number of hydrogen-bond donors (Lipinski definition) is 1. The lowest BCUT2D eigenvalue weighted by molar-refractivity contribution is 0.0763. The van der Waals surface area contributed by atoms with E-state index in [1.165, 1.54) is 12.8 Å². The molecule has 1 saturated heterocycles. The van der Waals surface area contributed by atoms with Gasteiger partial charge >= 0.3 is 0 Å². The maximum Gasteiger partial charge on any atom is 0.124 e. The van der Waals surface area contributed by atoms with Gasteiger partial charge in [-0.05, 0) is 52.3 Å². The van der Waals surface area contributed by atoms with Crippen LogP contribution in [0.25, 0.3) is 0 Å². The molecule has 1 fully saturated rings. The van der Waals surface area contributed by atoms with Gasteiger partial charge in [0.25, 0.3) is 0 Å². The van der Waals surface area contributed by atoms with Crippen molar-refractivity contribution in [2.75, 3.05) is 20.2 Å². The molecule has 0 amide bonds. The van der Waals surface area contributed by atoms with Gasteiger partial charge in [-0.25, -0.2) is 0 Å². The summed E-state index contributed by atoms with van der Waals surface area (Å²) in [7, 11) is 1.65. The normalized spacial score (nSPS) is 20.5. The average molecular weight is 263 g/mol. The summed E-state index contributed by atoms with van der Waals surface area (Å²) in [6.45, 7) is 8.28. The summed E-state index contributed by atoms with van der Waals surface area (Å²) in [4.78, 5) is 2.37. The minimum absolute atomic E-state index is 0.193. The maximum absolute atomic E-state index is 10.5. The zero-order valence-corrected chi connectivity index (χ0v) is 12.4. The first kappa shape index (κ1) is 14.4. The Labute approximate surface area is 116 Å². The molecule has 1 heterocycles. The Hall–Kier alpha value is -1.06. The van der Waals surface area contributed by atoms with Gasteiger partial charge in [0.1, 0.15) is 5.75 Å². The van der Waals surface area contributed by atoms with Crippen LogP contribution in [0.2, 0.25) is 0 Å². The lowest BCUT2D eigenvalue weighted by Crippen LogP contribution is -2.40. The third kappa shape index (κ3) is 3.10. The molecular formula is C16H25NO2. The molecule has 0 spiro atoms. The van der Waals surface area contributed by atoms with Gasteiger partial charge in [0.05, 0.1) is 13.2 Å². The Morgan fingerprint density at radius 1 is 1.42 bits per heavy atom. The van der Waals surface area contributed by atoms with Gasteiger partial charge in [-0.1, -0.05) is 11.6 Å². The smallest absolute Gasteiger partial charge is 0.124 e. The van der Waals surface area contributed by atoms with Gasteiger partial charge in [-0.3, -0.25) is 4.90 Å². The molecule has 19 heavy (non-hydrogen) atoms. The highest BCUT2D eigenvalue weighted by Gasteiger charge is 2.33. The number of nitrogens with zero attached hydrogens (tertiary/aromatic N) is 1. The fourth-order valence-corrected chi connectivity index (χ4v) is 2.92. The van der Waals surface area contributed by atoms with E-state index in [4.69, 9.17) is 4.74 Å². The number of rotatable bonds is 4. The van der Waals surface area contributed by atoms with Crippen molar-refractivity contribution in [3.05, 3.63) is 29.3 Å². The standard InChI is InChI=1S/C16H25NO2/c1-12-6-7-15(19-4)13(10-12)14(18)11-17-9-5-8-16(17,2)3/h6-7,10,14,18H,5,8-9,11H2,1-4H3. The quantitative estimate of drug-likeness (QED) is 0.906. The molecule has 2 rings (SSSR count). The molecular weight excluding hydrogens is 238 g/mol. The first-order valence-electron chi connectivity index (χ1n) is 7.02. The van der Waals surface area contributed by atoms with Crippen LogP contribution in [0.3, 0.4) is 0 Å². The van der Waals surface area contributed by atoms with Crippen molar-refractivity contribution in [2.24, 2.45) is 0 Å². The van der Waals surface area contributed by atoms with Crippen molar-refractivity contribution in [3.8, 4) is 5.75 Å². The van der Waals surface area contributed by atoms with Crippen LogP contribution in [-0.2, 0) is 0 Å². The van der Waals surface area contributed by atoms with E-state index >= 15 is 0 Å². The number of methoxy groups -OCH3 is 1. The molecule has 106 valence electrons. The van der Waals surface area contributed by atoms with Gasteiger partial charge in [-0.2, -0.15) is 0 Å². The van der Waals surface area contributed by atoms with Crippen molar-refractivity contribution in [1.82, 2.24) is 4.90 Å². The first-order chi connectivity index (χ1) is 8.94. The van der Waals surface area contributed by atoms with Crippen molar-refractivity contribution in [1.29, 1.82) is 0 Å². The Morgan fingerprint density at radius 2 is 2.16 bits per heavy atom. The van der Waals surface area contributed by atoms with Gasteiger partial charge in [0, 0.05) is 17.6 Å². The van der Waals surface area contributed by atoms with Crippen LogP contribution in [0.15, 0.2) is 18.2 Å². The molecule has 0 radical (unpaired) electrons. The van der Waals surface area contributed by atoms with Gasteiger partial charge in [0.15, 0.2) is 0 Å². The fourth-order valence-electron chi connectivity index (χ4n) is 2.92. The number of ether oxygens (including phenoxy) is 1. The maximum atomic E-state index is 10.5. The monoisotopic (exact) mass is 263 g/mol. The predicted molar refractivity (Wildman–Crippen MR) is 77.6 cm³/mol. The number of aliphatic hydroxyl groups is 1. The third-order valence-electron chi connectivity index (χ3n) is 4.21. The summed E-state index contributed by atoms with van der Waals surface area (Å²) < 4.78 is 5.36. The zero-order chi connectivity index (χ0) is 14.0. The van der Waals surface area contributed by atoms with Crippen LogP contribution in [0.1, 0.15) is 43.9 Å². The molecule has 0 saturated carbocycles. The molecule has 1 N–H and O–H groups in total. The molecule has 1 aromatic carbocycles. The second-order valence-corrected chi connectivity index (χ2v) is 6.12. The molecule has 0 aliphatic carbocycles. The zero-order valence-electron chi connectivity index (χ0n) is 12.4. The largest absolute Gasteiger partial charge is 0.496 e. The van der Waals surface area contributed by atoms with E-state index in [1.807, 2.05) is 25.1 Å². The van der Waals surface area contributed by atoms with Crippen molar-refractivity contribution < 1.29 is 9.84 Å². The molecule has 3 nitrogen and oxygen atoms in total. The van der Waals surface area contributed by atoms with Crippen LogP contribution in [0, 0.1) is 6.92 Å². The third-order valence-corrected chi connectivity index (χ3v) is 4.21. The molecule has 0 aromatic heterocycles. The Bertz CT molecular complexity index is 442. The van der Waals surface area contributed by atoms with E-state index in [1.54, 1.807) is 7.11 Å².